The number of rotatable bonds is 3. The number of carbonyl (C=O) groups excluding carboxylic acids is 1. The molecular weight excluding hydrogens is 290 g/mol. The minimum Gasteiger partial charge on any atom is -0.490 e. The summed E-state index contributed by atoms with van der Waals surface area (Å²) >= 11 is 0. The Morgan fingerprint density at radius 2 is 1.96 bits per heavy atom. The van der Waals surface area contributed by atoms with E-state index in [-0.39, 0.29) is 5.91 Å². The van der Waals surface area contributed by atoms with Crippen LogP contribution in [0.15, 0.2) is 18.2 Å². The van der Waals surface area contributed by atoms with Crippen LogP contribution in [0.25, 0.3) is 0 Å². The lowest BCUT2D eigenvalue weighted by molar-refractivity contribution is 0.0759. The van der Waals surface area contributed by atoms with Crippen molar-refractivity contribution in [1.29, 1.82) is 0 Å². The molecule has 4 nitrogen and oxygen atoms in total. The fourth-order valence-corrected chi connectivity index (χ4v) is 3.54. The quantitative estimate of drug-likeness (QED) is 0.849. The monoisotopic (exact) mass is 317 g/mol. The summed E-state index contributed by atoms with van der Waals surface area (Å²) in [5, 5.41) is 0. The highest BCUT2D eigenvalue weighted by atomic mass is 16.5. The van der Waals surface area contributed by atoms with Gasteiger partial charge in [0.05, 0.1) is 13.2 Å². The molecule has 2 aliphatic heterocycles. The zero-order chi connectivity index (χ0) is 16.1. The van der Waals surface area contributed by atoms with E-state index in [4.69, 9.17) is 9.47 Å². The summed E-state index contributed by atoms with van der Waals surface area (Å²) < 4.78 is 11.3. The summed E-state index contributed by atoms with van der Waals surface area (Å²) in [6.07, 6.45) is 6.89. The van der Waals surface area contributed by atoms with Gasteiger partial charge in [-0.3, -0.25) is 4.79 Å². The van der Waals surface area contributed by atoms with Crippen LogP contribution < -0.4 is 9.47 Å². The van der Waals surface area contributed by atoms with Crippen LogP contribution in [0.4, 0.5) is 0 Å². The maximum atomic E-state index is 12.8. The SMILES string of the molecule is CCCC1CCCN(C(=O)c2ccc3c(c2)OCCCO3)CC1. The second-order valence-electron chi connectivity index (χ2n) is 6.59. The number of nitrogens with zero attached hydrogens (tertiary/aromatic N) is 1. The van der Waals surface area contributed by atoms with Crippen LogP contribution in [0.5, 0.6) is 11.5 Å². The van der Waals surface area contributed by atoms with Crippen LogP contribution in [-0.2, 0) is 0 Å². The Hall–Kier alpha value is -1.71. The number of ether oxygens (including phenoxy) is 2. The molecular formula is C19H27NO3. The summed E-state index contributed by atoms with van der Waals surface area (Å²) in [7, 11) is 0. The molecule has 2 aliphatic rings. The smallest absolute Gasteiger partial charge is 0.253 e. The van der Waals surface area contributed by atoms with Gasteiger partial charge in [-0.2, -0.15) is 0 Å². The van der Waals surface area contributed by atoms with Crippen molar-refractivity contribution in [2.45, 2.75) is 45.4 Å². The van der Waals surface area contributed by atoms with Gasteiger partial charge in [-0.05, 0) is 43.4 Å². The van der Waals surface area contributed by atoms with Gasteiger partial charge in [-0.1, -0.05) is 19.8 Å². The summed E-state index contributed by atoms with van der Waals surface area (Å²) in [5.41, 5.74) is 0.711. The Labute approximate surface area is 138 Å². The number of amides is 1. The standard InChI is InChI=1S/C19H27NO3/c1-2-5-15-6-3-10-20(11-9-15)19(21)16-7-8-17-18(14-16)23-13-4-12-22-17/h7-8,14-15H,2-6,9-13H2,1H3. The highest BCUT2D eigenvalue weighted by molar-refractivity contribution is 5.95. The second kappa shape index (κ2) is 7.71. The lowest BCUT2D eigenvalue weighted by atomic mass is 9.96. The first-order chi connectivity index (χ1) is 11.3. The third-order valence-electron chi connectivity index (χ3n) is 4.83. The van der Waals surface area contributed by atoms with Gasteiger partial charge in [0, 0.05) is 25.1 Å². The van der Waals surface area contributed by atoms with E-state index >= 15 is 0 Å². The van der Waals surface area contributed by atoms with Gasteiger partial charge in [0.25, 0.3) is 5.91 Å². The molecule has 0 radical (unpaired) electrons. The Balaban J connectivity index is 1.69. The van der Waals surface area contributed by atoms with E-state index in [1.807, 2.05) is 23.1 Å². The lowest BCUT2D eigenvalue weighted by Gasteiger charge is -2.21. The molecule has 0 aliphatic carbocycles. The van der Waals surface area contributed by atoms with Crippen molar-refractivity contribution < 1.29 is 14.3 Å². The summed E-state index contributed by atoms with van der Waals surface area (Å²) in [6.45, 7) is 5.30. The topological polar surface area (TPSA) is 38.8 Å². The van der Waals surface area contributed by atoms with Crippen molar-refractivity contribution >= 4 is 5.91 Å². The highest BCUT2D eigenvalue weighted by Crippen LogP contribution is 2.31. The van der Waals surface area contributed by atoms with Crippen molar-refractivity contribution in [2.75, 3.05) is 26.3 Å². The van der Waals surface area contributed by atoms with Gasteiger partial charge in [-0.15, -0.1) is 0 Å². The van der Waals surface area contributed by atoms with Gasteiger partial charge in [0.2, 0.25) is 0 Å². The van der Waals surface area contributed by atoms with Gasteiger partial charge in [-0.25, -0.2) is 0 Å². The second-order valence-corrected chi connectivity index (χ2v) is 6.59. The number of hydrogen-bond donors (Lipinski definition) is 0. The number of hydrogen-bond acceptors (Lipinski definition) is 3. The summed E-state index contributed by atoms with van der Waals surface area (Å²) in [4.78, 5) is 14.8. The van der Waals surface area contributed by atoms with E-state index in [0.717, 1.165) is 44.0 Å². The molecule has 3 rings (SSSR count). The molecule has 1 amide bonds. The van der Waals surface area contributed by atoms with Crippen LogP contribution in [0.2, 0.25) is 0 Å². The predicted molar refractivity (Wildman–Crippen MR) is 90.2 cm³/mol. The van der Waals surface area contributed by atoms with Gasteiger partial charge in [0.15, 0.2) is 11.5 Å². The number of benzene rings is 1. The van der Waals surface area contributed by atoms with Gasteiger partial charge >= 0.3 is 0 Å². The molecule has 4 heteroatoms. The molecule has 0 bridgehead atoms. The largest absolute Gasteiger partial charge is 0.490 e. The maximum absolute atomic E-state index is 12.8. The normalized spacial score (nSPS) is 21.4. The molecule has 23 heavy (non-hydrogen) atoms. The predicted octanol–water partition coefficient (Wildman–Crippen LogP) is 3.89. The molecule has 1 fully saturated rings. The third-order valence-corrected chi connectivity index (χ3v) is 4.83. The van der Waals surface area contributed by atoms with E-state index in [0.29, 0.717) is 24.5 Å². The van der Waals surface area contributed by atoms with Crippen LogP contribution in [0.1, 0.15) is 55.8 Å². The summed E-state index contributed by atoms with van der Waals surface area (Å²) in [6, 6.07) is 5.58. The Kier molecular flexibility index (Phi) is 5.42. The van der Waals surface area contributed by atoms with E-state index in [2.05, 4.69) is 6.92 Å². The van der Waals surface area contributed by atoms with Crippen LogP contribution in [-0.4, -0.2) is 37.1 Å². The highest BCUT2D eigenvalue weighted by Gasteiger charge is 2.22. The van der Waals surface area contributed by atoms with Crippen LogP contribution in [0, 0.1) is 5.92 Å². The molecule has 1 unspecified atom stereocenters. The summed E-state index contributed by atoms with van der Waals surface area (Å²) in [5.74, 6) is 2.35. The first-order valence-corrected chi connectivity index (χ1v) is 8.97. The molecule has 0 N–H and O–H groups in total. The molecule has 1 saturated heterocycles. The van der Waals surface area contributed by atoms with Crippen LogP contribution in [0.3, 0.4) is 0 Å². The van der Waals surface area contributed by atoms with E-state index in [1.165, 1.54) is 19.3 Å². The Bertz CT molecular complexity index is 543. The van der Waals surface area contributed by atoms with Crippen molar-refractivity contribution in [3.8, 4) is 11.5 Å². The number of fused-ring (bicyclic) bond motifs is 1. The van der Waals surface area contributed by atoms with Crippen molar-refractivity contribution in [2.24, 2.45) is 5.92 Å². The fourth-order valence-electron chi connectivity index (χ4n) is 3.54. The average Bonchev–Trinajstić information content (AvgIpc) is 2.94. The maximum Gasteiger partial charge on any atom is 0.253 e. The molecule has 1 aromatic carbocycles. The molecule has 126 valence electrons. The Morgan fingerprint density at radius 3 is 2.78 bits per heavy atom. The average molecular weight is 317 g/mol. The molecule has 0 spiro atoms. The van der Waals surface area contributed by atoms with E-state index in [9.17, 15) is 4.79 Å². The van der Waals surface area contributed by atoms with Crippen molar-refractivity contribution in [3.63, 3.8) is 0 Å². The Morgan fingerprint density at radius 1 is 1.13 bits per heavy atom. The zero-order valence-electron chi connectivity index (χ0n) is 14.1. The zero-order valence-corrected chi connectivity index (χ0v) is 14.1. The van der Waals surface area contributed by atoms with Crippen molar-refractivity contribution in [1.82, 2.24) is 4.90 Å². The van der Waals surface area contributed by atoms with E-state index in [1.54, 1.807) is 0 Å². The fraction of sp³-hybridized carbons (Fsp3) is 0.632. The molecule has 0 saturated carbocycles. The van der Waals surface area contributed by atoms with Gasteiger partial charge in [0.1, 0.15) is 0 Å². The first kappa shape index (κ1) is 16.2. The number of likely N-dealkylation sites (tertiary alicyclic amines) is 1. The molecule has 1 aromatic rings. The lowest BCUT2D eigenvalue weighted by Crippen LogP contribution is -2.32. The first-order valence-electron chi connectivity index (χ1n) is 8.97. The van der Waals surface area contributed by atoms with E-state index < -0.39 is 0 Å². The molecule has 0 aromatic heterocycles. The molecule has 1 atom stereocenters. The van der Waals surface area contributed by atoms with Crippen LogP contribution >= 0.6 is 0 Å². The minimum atomic E-state index is 0.123. The van der Waals surface area contributed by atoms with Crippen molar-refractivity contribution in [3.05, 3.63) is 23.8 Å². The number of carbonyl (C=O) groups is 1. The molecule has 2 heterocycles. The third kappa shape index (κ3) is 3.98. The minimum absolute atomic E-state index is 0.123. The van der Waals surface area contributed by atoms with Gasteiger partial charge < -0.3 is 14.4 Å².